The number of alkyl halides is 2. The van der Waals surface area contributed by atoms with Crippen molar-refractivity contribution in [1.29, 1.82) is 0 Å². The number of phenolic OH excluding ortho intramolecular Hbond substituents is 1. The third-order valence-corrected chi connectivity index (χ3v) is 6.99. The third-order valence-electron chi connectivity index (χ3n) is 3.86. The summed E-state index contributed by atoms with van der Waals surface area (Å²) in [6.07, 6.45) is 0. The number of aromatic hydroxyl groups is 1. The van der Waals surface area contributed by atoms with Gasteiger partial charge in [0.25, 0.3) is 0 Å². The second kappa shape index (κ2) is 7.68. The van der Waals surface area contributed by atoms with Crippen molar-refractivity contribution >= 4 is 53.6 Å². The molecular weight excluding hydrogens is 520 g/mol. The molecule has 1 N–H and O–H groups in total. The van der Waals surface area contributed by atoms with Crippen molar-refractivity contribution in [3.63, 3.8) is 0 Å². The Labute approximate surface area is 170 Å². The fraction of sp³-hybridized carbons (Fsp3) is 0.278. The first-order chi connectivity index (χ1) is 11.9. The Morgan fingerprint density at radius 2 is 1.88 bits per heavy atom. The third kappa shape index (κ3) is 3.88. The molecule has 1 aliphatic rings. The number of Topliss-reactive ketones (excluding diaryl/α,β-unsaturated/α-hetero) is 1. The summed E-state index contributed by atoms with van der Waals surface area (Å²) in [6.45, 7) is 2.81. The number of carbonyl (C=O) groups is 1. The van der Waals surface area contributed by atoms with E-state index in [1.54, 1.807) is 18.2 Å². The molecule has 4 nitrogen and oxygen atoms in total. The lowest BCUT2D eigenvalue weighted by molar-refractivity contribution is 0.0987. The molecule has 132 valence electrons. The minimum Gasteiger partial charge on any atom is -0.507 e. The van der Waals surface area contributed by atoms with Gasteiger partial charge in [0.2, 0.25) is 0 Å². The standard InChI is InChI=1S/C18H15Br3O4/c1-9-2-3-11(13(22)6-9)17(23)16(21)15(20)12-7-10(19)8-14-18(12)25-5-4-24-14/h2-3,6-8,15-16,22H,4-5H2,1H3/t15-,16+/m1/s1. The number of aryl methyl sites for hydroxylation is 1. The normalized spacial score (nSPS) is 15.5. The van der Waals surface area contributed by atoms with Gasteiger partial charge in [-0.15, -0.1) is 0 Å². The molecule has 1 heterocycles. The highest BCUT2D eigenvalue weighted by molar-refractivity contribution is 9.12. The van der Waals surface area contributed by atoms with E-state index < -0.39 is 4.83 Å². The van der Waals surface area contributed by atoms with Crippen molar-refractivity contribution < 1.29 is 19.4 Å². The number of hydrogen-bond acceptors (Lipinski definition) is 4. The second-order valence-corrected chi connectivity index (χ2v) is 8.60. The van der Waals surface area contributed by atoms with Gasteiger partial charge in [0.15, 0.2) is 17.3 Å². The van der Waals surface area contributed by atoms with E-state index in [1.165, 1.54) is 0 Å². The molecule has 0 radical (unpaired) electrons. The number of phenols is 1. The zero-order valence-electron chi connectivity index (χ0n) is 13.3. The van der Waals surface area contributed by atoms with Gasteiger partial charge >= 0.3 is 0 Å². The van der Waals surface area contributed by atoms with E-state index in [1.807, 2.05) is 19.1 Å². The van der Waals surface area contributed by atoms with Crippen LogP contribution in [0.5, 0.6) is 17.2 Å². The number of ether oxygens (including phenoxy) is 2. The summed E-state index contributed by atoms with van der Waals surface area (Å²) < 4.78 is 12.2. The lowest BCUT2D eigenvalue weighted by Crippen LogP contribution is -2.22. The summed E-state index contributed by atoms with van der Waals surface area (Å²) in [5.74, 6) is 1.03. The molecule has 2 atom stereocenters. The Bertz CT molecular complexity index is 822. The van der Waals surface area contributed by atoms with Crippen LogP contribution in [0.15, 0.2) is 34.8 Å². The molecule has 0 saturated carbocycles. The number of fused-ring (bicyclic) bond motifs is 1. The molecule has 7 heteroatoms. The summed E-state index contributed by atoms with van der Waals surface area (Å²) in [6, 6.07) is 8.75. The summed E-state index contributed by atoms with van der Waals surface area (Å²) in [7, 11) is 0. The average Bonchev–Trinajstić information content (AvgIpc) is 2.59. The lowest BCUT2D eigenvalue weighted by Gasteiger charge is -2.25. The molecule has 0 bridgehead atoms. The molecule has 2 aromatic carbocycles. The highest BCUT2D eigenvalue weighted by atomic mass is 79.9. The van der Waals surface area contributed by atoms with Crippen LogP contribution in [-0.4, -0.2) is 28.9 Å². The Balaban J connectivity index is 1.94. The van der Waals surface area contributed by atoms with Gasteiger partial charge in [-0.3, -0.25) is 4.79 Å². The summed E-state index contributed by atoms with van der Waals surface area (Å²) in [5, 5.41) is 10.1. The van der Waals surface area contributed by atoms with Gasteiger partial charge < -0.3 is 14.6 Å². The first kappa shape index (κ1) is 18.7. The first-order valence-corrected chi connectivity index (χ1v) is 10.2. The zero-order chi connectivity index (χ0) is 18.1. The van der Waals surface area contributed by atoms with Gasteiger partial charge in [-0.1, -0.05) is 53.9 Å². The van der Waals surface area contributed by atoms with Crippen molar-refractivity contribution in [2.45, 2.75) is 16.6 Å². The van der Waals surface area contributed by atoms with Crippen LogP contribution in [-0.2, 0) is 0 Å². The van der Waals surface area contributed by atoms with E-state index in [4.69, 9.17) is 9.47 Å². The minimum atomic E-state index is -0.593. The summed E-state index contributed by atoms with van der Waals surface area (Å²) in [4.78, 5) is 11.9. The predicted octanol–water partition coefficient (Wildman–Crippen LogP) is 5.32. The molecule has 0 aromatic heterocycles. The molecule has 0 saturated heterocycles. The maximum absolute atomic E-state index is 12.8. The monoisotopic (exact) mass is 532 g/mol. The maximum atomic E-state index is 12.8. The fourth-order valence-electron chi connectivity index (χ4n) is 2.64. The number of halogens is 3. The zero-order valence-corrected chi connectivity index (χ0v) is 18.0. The molecule has 0 amide bonds. The molecule has 1 aliphatic heterocycles. The number of ketones is 1. The van der Waals surface area contributed by atoms with Crippen molar-refractivity contribution in [3.05, 3.63) is 51.5 Å². The largest absolute Gasteiger partial charge is 0.507 e. The lowest BCUT2D eigenvalue weighted by atomic mass is 10.00. The van der Waals surface area contributed by atoms with E-state index in [-0.39, 0.29) is 21.9 Å². The van der Waals surface area contributed by atoms with Crippen molar-refractivity contribution in [3.8, 4) is 17.2 Å². The van der Waals surface area contributed by atoms with Gasteiger partial charge in [-0.25, -0.2) is 0 Å². The van der Waals surface area contributed by atoms with E-state index >= 15 is 0 Å². The SMILES string of the molecule is Cc1ccc(C(=O)[C@@H](Br)[C@H](Br)c2cc(Br)cc3c2OCCO3)c(O)c1. The van der Waals surface area contributed by atoms with Gasteiger partial charge in [-0.2, -0.15) is 0 Å². The van der Waals surface area contributed by atoms with Crippen molar-refractivity contribution in [2.24, 2.45) is 0 Å². The Morgan fingerprint density at radius 1 is 1.16 bits per heavy atom. The van der Waals surface area contributed by atoms with Crippen LogP contribution in [0.2, 0.25) is 0 Å². The highest BCUT2D eigenvalue weighted by Crippen LogP contribution is 2.45. The van der Waals surface area contributed by atoms with Gasteiger partial charge in [0, 0.05) is 10.0 Å². The Morgan fingerprint density at radius 3 is 2.60 bits per heavy atom. The van der Waals surface area contributed by atoms with Crippen LogP contribution in [0, 0.1) is 6.92 Å². The topological polar surface area (TPSA) is 55.8 Å². The number of rotatable bonds is 4. The molecule has 0 fully saturated rings. The Hall–Kier alpha value is -1.05. The Kier molecular flexibility index (Phi) is 5.75. The van der Waals surface area contributed by atoms with E-state index in [0.29, 0.717) is 24.7 Å². The molecule has 25 heavy (non-hydrogen) atoms. The van der Waals surface area contributed by atoms with Crippen LogP contribution in [0.4, 0.5) is 0 Å². The summed E-state index contributed by atoms with van der Waals surface area (Å²) in [5.41, 5.74) is 1.96. The van der Waals surface area contributed by atoms with Gasteiger partial charge in [-0.05, 0) is 36.8 Å². The second-order valence-electron chi connectivity index (χ2n) is 5.71. The number of hydrogen-bond donors (Lipinski definition) is 1. The smallest absolute Gasteiger partial charge is 0.181 e. The molecule has 3 rings (SSSR count). The van der Waals surface area contributed by atoms with Gasteiger partial charge in [0.05, 0.1) is 15.2 Å². The molecule has 0 unspecified atom stereocenters. The average molecular weight is 535 g/mol. The fourth-order valence-corrected chi connectivity index (χ4v) is 4.21. The van der Waals surface area contributed by atoms with Crippen LogP contribution >= 0.6 is 47.8 Å². The number of benzene rings is 2. The maximum Gasteiger partial charge on any atom is 0.181 e. The molecule has 2 aromatic rings. The van der Waals surface area contributed by atoms with Crippen molar-refractivity contribution in [2.75, 3.05) is 13.2 Å². The predicted molar refractivity (Wildman–Crippen MR) is 107 cm³/mol. The van der Waals surface area contributed by atoms with Crippen LogP contribution in [0.3, 0.4) is 0 Å². The van der Waals surface area contributed by atoms with E-state index in [0.717, 1.165) is 15.6 Å². The van der Waals surface area contributed by atoms with Gasteiger partial charge in [0.1, 0.15) is 19.0 Å². The summed E-state index contributed by atoms with van der Waals surface area (Å²) >= 11 is 10.5. The highest BCUT2D eigenvalue weighted by Gasteiger charge is 2.31. The van der Waals surface area contributed by atoms with Crippen LogP contribution in [0.25, 0.3) is 0 Å². The van der Waals surface area contributed by atoms with Crippen LogP contribution in [0.1, 0.15) is 26.3 Å². The molecule has 0 spiro atoms. The first-order valence-electron chi connectivity index (χ1n) is 7.59. The minimum absolute atomic E-state index is 0.0231. The molecule has 0 aliphatic carbocycles. The van der Waals surface area contributed by atoms with E-state index in [2.05, 4.69) is 47.8 Å². The number of carbonyl (C=O) groups excluding carboxylic acids is 1. The quantitative estimate of drug-likeness (QED) is 0.426. The van der Waals surface area contributed by atoms with Crippen molar-refractivity contribution in [1.82, 2.24) is 0 Å². The molecular formula is C18H15Br3O4. The van der Waals surface area contributed by atoms with Crippen LogP contribution < -0.4 is 9.47 Å². The van der Waals surface area contributed by atoms with E-state index in [9.17, 15) is 9.90 Å².